The molecule has 1 aliphatic rings. The van der Waals surface area contributed by atoms with E-state index in [0.29, 0.717) is 12.1 Å². The fraction of sp³-hybridized carbons (Fsp3) is 0.500. The summed E-state index contributed by atoms with van der Waals surface area (Å²) in [6.45, 7) is 1.15. The van der Waals surface area contributed by atoms with Crippen molar-refractivity contribution in [2.75, 3.05) is 13.6 Å². The first-order chi connectivity index (χ1) is 7.31. The average molecular weight is 269 g/mol. The summed E-state index contributed by atoms with van der Waals surface area (Å²) in [6.07, 6.45) is 2.55. The number of rotatable bonds is 3. The van der Waals surface area contributed by atoms with Gasteiger partial charge in [-0.3, -0.25) is 0 Å². The Morgan fingerprint density at radius 3 is 3.00 bits per heavy atom. The first-order valence-electron chi connectivity index (χ1n) is 5.47. The Morgan fingerprint density at radius 2 is 2.40 bits per heavy atom. The van der Waals surface area contributed by atoms with Crippen LogP contribution in [0.15, 0.2) is 28.7 Å². The highest BCUT2D eigenvalue weighted by molar-refractivity contribution is 9.10. The summed E-state index contributed by atoms with van der Waals surface area (Å²) in [4.78, 5) is 0. The number of hydrogen-bond donors (Lipinski definition) is 2. The van der Waals surface area contributed by atoms with E-state index in [1.54, 1.807) is 0 Å². The summed E-state index contributed by atoms with van der Waals surface area (Å²) < 4.78 is 1.15. The molecule has 2 rings (SSSR count). The molecule has 2 N–H and O–H groups in total. The highest BCUT2D eigenvalue weighted by Gasteiger charge is 2.24. The lowest BCUT2D eigenvalue weighted by atomic mass is 9.98. The molecule has 2 unspecified atom stereocenters. The van der Waals surface area contributed by atoms with E-state index in [1.807, 2.05) is 7.05 Å². The summed E-state index contributed by atoms with van der Waals surface area (Å²) in [5.41, 5.74) is 1.35. The Hall–Kier alpha value is -0.380. The molecular formula is C12H17BrN2. The second-order valence-electron chi connectivity index (χ2n) is 4.02. The monoisotopic (exact) mass is 268 g/mol. The highest BCUT2D eigenvalue weighted by Crippen LogP contribution is 2.24. The molecule has 2 nitrogen and oxygen atoms in total. The van der Waals surface area contributed by atoms with Gasteiger partial charge in [0, 0.05) is 16.6 Å². The molecule has 1 fully saturated rings. The Labute approximate surface area is 99.6 Å². The maximum Gasteiger partial charge on any atom is 0.0473 e. The molecule has 0 saturated carbocycles. The van der Waals surface area contributed by atoms with Gasteiger partial charge in [-0.1, -0.05) is 28.1 Å². The Balaban J connectivity index is 2.18. The number of likely N-dealkylation sites (N-methyl/N-ethyl adjacent to an activating group) is 1. The zero-order valence-corrected chi connectivity index (χ0v) is 10.5. The zero-order chi connectivity index (χ0) is 10.7. The van der Waals surface area contributed by atoms with Crippen LogP contribution in [0.5, 0.6) is 0 Å². The summed E-state index contributed by atoms with van der Waals surface area (Å²) in [5, 5.41) is 6.95. The van der Waals surface area contributed by atoms with Crippen molar-refractivity contribution in [3.05, 3.63) is 34.3 Å². The third-order valence-corrected chi connectivity index (χ3v) is 3.51. The van der Waals surface area contributed by atoms with Crippen LogP contribution >= 0.6 is 15.9 Å². The summed E-state index contributed by atoms with van der Waals surface area (Å²) in [5.74, 6) is 0. The van der Waals surface area contributed by atoms with Gasteiger partial charge in [0.25, 0.3) is 0 Å². The number of halogens is 1. The van der Waals surface area contributed by atoms with Gasteiger partial charge in [-0.2, -0.15) is 0 Å². The molecule has 1 aromatic carbocycles. The molecule has 1 aromatic rings. The zero-order valence-electron chi connectivity index (χ0n) is 8.96. The minimum absolute atomic E-state index is 0.421. The predicted molar refractivity (Wildman–Crippen MR) is 67.0 cm³/mol. The van der Waals surface area contributed by atoms with Crippen LogP contribution in [0.25, 0.3) is 0 Å². The Bertz CT molecular complexity index is 321. The van der Waals surface area contributed by atoms with Gasteiger partial charge in [-0.25, -0.2) is 0 Å². The van der Waals surface area contributed by atoms with E-state index >= 15 is 0 Å². The largest absolute Gasteiger partial charge is 0.312 e. The summed E-state index contributed by atoms with van der Waals surface area (Å²) in [7, 11) is 2.03. The van der Waals surface area contributed by atoms with Crippen molar-refractivity contribution >= 4 is 15.9 Å². The first kappa shape index (κ1) is 11.1. The van der Waals surface area contributed by atoms with Crippen LogP contribution in [0, 0.1) is 0 Å². The molecule has 2 atom stereocenters. The van der Waals surface area contributed by atoms with Gasteiger partial charge in [0.2, 0.25) is 0 Å². The van der Waals surface area contributed by atoms with Crippen molar-refractivity contribution in [1.29, 1.82) is 0 Å². The van der Waals surface area contributed by atoms with Gasteiger partial charge in [0.15, 0.2) is 0 Å². The van der Waals surface area contributed by atoms with Crippen molar-refractivity contribution in [2.45, 2.75) is 24.9 Å². The van der Waals surface area contributed by atoms with Crippen LogP contribution < -0.4 is 10.6 Å². The van der Waals surface area contributed by atoms with Crippen LogP contribution in [0.2, 0.25) is 0 Å². The van der Waals surface area contributed by atoms with E-state index in [0.717, 1.165) is 11.0 Å². The standard InChI is InChI=1S/C12H17BrN2/c1-14-12(11-6-3-7-15-11)9-4-2-5-10(13)8-9/h2,4-5,8,11-12,14-15H,3,6-7H2,1H3. The molecule has 1 saturated heterocycles. The van der Waals surface area contributed by atoms with Crippen molar-refractivity contribution in [1.82, 2.24) is 10.6 Å². The highest BCUT2D eigenvalue weighted by atomic mass is 79.9. The number of benzene rings is 1. The third kappa shape index (κ3) is 2.60. The summed E-state index contributed by atoms with van der Waals surface area (Å²) in [6, 6.07) is 9.54. The summed E-state index contributed by atoms with van der Waals surface area (Å²) >= 11 is 3.52. The average Bonchev–Trinajstić information content (AvgIpc) is 2.72. The molecule has 3 heteroatoms. The molecule has 1 heterocycles. The number of nitrogens with one attached hydrogen (secondary N) is 2. The molecule has 0 bridgehead atoms. The predicted octanol–water partition coefficient (Wildman–Crippen LogP) is 2.46. The van der Waals surface area contributed by atoms with E-state index in [1.165, 1.54) is 18.4 Å². The van der Waals surface area contributed by atoms with Crippen molar-refractivity contribution < 1.29 is 0 Å². The topological polar surface area (TPSA) is 24.1 Å². The minimum atomic E-state index is 0.421. The SMILES string of the molecule is CNC(c1cccc(Br)c1)C1CCCN1. The van der Waals surface area contributed by atoms with E-state index in [2.05, 4.69) is 50.8 Å². The Morgan fingerprint density at radius 1 is 1.53 bits per heavy atom. The van der Waals surface area contributed by atoms with Gasteiger partial charge in [-0.15, -0.1) is 0 Å². The fourth-order valence-corrected chi connectivity index (χ4v) is 2.71. The van der Waals surface area contributed by atoms with Gasteiger partial charge in [-0.05, 0) is 44.1 Å². The molecule has 1 aliphatic heterocycles. The van der Waals surface area contributed by atoms with Crippen LogP contribution in [-0.4, -0.2) is 19.6 Å². The lowest BCUT2D eigenvalue weighted by Crippen LogP contribution is -2.36. The van der Waals surface area contributed by atoms with Crippen molar-refractivity contribution in [3.8, 4) is 0 Å². The smallest absolute Gasteiger partial charge is 0.0473 e. The van der Waals surface area contributed by atoms with Crippen LogP contribution in [0.3, 0.4) is 0 Å². The van der Waals surface area contributed by atoms with Crippen LogP contribution in [-0.2, 0) is 0 Å². The van der Waals surface area contributed by atoms with Crippen LogP contribution in [0.1, 0.15) is 24.4 Å². The normalized spacial score (nSPS) is 22.9. The number of hydrogen-bond acceptors (Lipinski definition) is 2. The van der Waals surface area contributed by atoms with Crippen molar-refractivity contribution in [3.63, 3.8) is 0 Å². The maximum absolute atomic E-state index is 3.55. The minimum Gasteiger partial charge on any atom is -0.312 e. The first-order valence-corrected chi connectivity index (χ1v) is 6.26. The quantitative estimate of drug-likeness (QED) is 0.880. The second-order valence-corrected chi connectivity index (χ2v) is 4.94. The third-order valence-electron chi connectivity index (χ3n) is 3.02. The molecule has 0 aliphatic carbocycles. The molecule has 82 valence electrons. The fourth-order valence-electron chi connectivity index (χ4n) is 2.30. The van der Waals surface area contributed by atoms with E-state index in [-0.39, 0.29) is 0 Å². The van der Waals surface area contributed by atoms with Gasteiger partial charge in [0.05, 0.1) is 0 Å². The van der Waals surface area contributed by atoms with Gasteiger partial charge in [0.1, 0.15) is 0 Å². The molecule has 0 radical (unpaired) electrons. The second kappa shape index (κ2) is 5.10. The molecule has 0 aromatic heterocycles. The molecule has 0 spiro atoms. The molecule has 15 heavy (non-hydrogen) atoms. The maximum atomic E-state index is 3.55. The molecule has 0 amide bonds. The van der Waals surface area contributed by atoms with E-state index in [9.17, 15) is 0 Å². The van der Waals surface area contributed by atoms with Gasteiger partial charge < -0.3 is 10.6 Å². The lowest BCUT2D eigenvalue weighted by Gasteiger charge is -2.23. The van der Waals surface area contributed by atoms with Gasteiger partial charge >= 0.3 is 0 Å². The van der Waals surface area contributed by atoms with E-state index < -0.39 is 0 Å². The van der Waals surface area contributed by atoms with Crippen molar-refractivity contribution in [2.24, 2.45) is 0 Å². The molecular weight excluding hydrogens is 252 g/mol. The van der Waals surface area contributed by atoms with E-state index in [4.69, 9.17) is 0 Å². The Kier molecular flexibility index (Phi) is 3.78. The lowest BCUT2D eigenvalue weighted by molar-refractivity contribution is 0.440. The van der Waals surface area contributed by atoms with Crippen LogP contribution in [0.4, 0.5) is 0 Å².